The van der Waals surface area contributed by atoms with Crippen LogP contribution in [0.3, 0.4) is 0 Å². The minimum Gasteiger partial charge on any atom is -0.304 e. The molecule has 2 rings (SSSR count). The van der Waals surface area contributed by atoms with Crippen molar-refractivity contribution in [1.29, 1.82) is 0 Å². The average Bonchev–Trinajstić information content (AvgIpc) is 2.34. The second-order valence-corrected chi connectivity index (χ2v) is 6.01. The molecule has 0 fully saturated rings. The summed E-state index contributed by atoms with van der Waals surface area (Å²) >= 11 is 5.29. The summed E-state index contributed by atoms with van der Waals surface area (Å²) in [5, 5.41) is 0. The Morgan fingerprint density at radius 2 is 1.89 bits per heavy atom. The number of nitrogens with one attached hydrogen (secondary N) is 2. The van der Waals surface area contributed by atoms with Gasteiger partial charge in [0.05, 0.1) is 0 Å². The van der Waals surface area contributed by atoms with E-state index in [2.05, 4.69) is 24.7 Å². The van der Waals surface area contributed by atoms with E-state index in [-0.39, 0.29) is 11.2 Å². The lowest BCUT2D eigenvalue weighted by Gasteiger charge is -2.29. The van der Waals surface area contributed by atoms with Gasteiger partial charge in [-0.2, -0.15) is 0 Å². The molecule has 0 saturated heterocycles. The van der Waals surface area contributed by atoms with Gasteiger partial charge in [0.25, 0.3) is 0 Å². The summed E-state index contributed by atoms with van der Waals surface area (Å²) in [5.74, 6) is 0.158. The first-order valence-corrected chi connectivity index (χ1v) is 6.72. The van der Waals surface area contributed by atoms with Crippen LogP contribution in [0.25, 0.3) is 0 Å². The van der Waals surface area contributed by atoms with Gasteiger partial charge in [-0.3, -0.25) is 10.2 Å². The quantitative estimate of drug-likeness (QED) is 0.657. The number of rotatable bonds is 3. The Balaban J connectivity index is 1.96. The number of carbonyl (C=O) groups excluding carboxylic acids is 1. The van der Waals surface area contributed by atoms with Gasteiger partial charge in [0, 0.05) is 23.8 Å². The lowest BCUT2D eigenvalue weighted by molar-refractivity contribution is -0.117. The highest BCUT2D eigenvalue weighted by molar-refractivity contribution is 7.80. The van der Waals surface area contributed by atoms with Gasteiger partial charge in [-0.05, 0) is 11.8 Å². The van der Waals surface area contributed by atoms with Crippen molar-refractivity contribution in [2.45, 2.75) is 26.7 Å². The lowest BCUT2D eigenvalue weighted by Crippen LogP contribution is -2.39. The largest absolute Gasteiger partial charge is 0.304 e. The fourth-order valence-electron chi connectivity index (χ4n) is 2.23. The monoisotopic (exact) mass is 274 g/mol. The van der Waals surface area contributed by atoms with Crippen molar-refractivity contribution in [1.82, 2.24) is 10.9 Å². The van der Waals surface area contributed by atoms with Crippen molar-refractivity contribution in [3.8, 4) is 0 Å². The van der Waals surface area contributed by atoms with Crippen LogP contribution >= 0.6 is 12.2 Å². The Morgan fingerprint density at radius 1 is 1.21 bits per heavy atom. The fraction of sp³-hybridized carbons (Fsp3) is 0.333. The number of hydrogen-bond donors (Lipinski definition) is 2. The predicted octanol–water partition coefficient (Wildman–Crippen LogP) is 2.73. The van der Waals surface area contributed by atoms with E-state index in [1.54, 1.807) is 6.08 Å². The van der Waals surface area contributed by atoms with Gasteiger partial charge in [0.2, 0.25) is 0 Å². The molecule has 100 valence electrons. The maximum atomic E-state index is 11.6. The molecule has 3 nitrogen and oxygen atoms in total. The van der Waals surface area contributed by atoms with Crippen LogP contribution in [0.2, 0.25) is 0 Å². The SMILES string of the molecule is CC1(C)CC(=O)C=C(NNC(=S)c2ccccc2)C1. The molecule has 0 spiro atoms. The summed E-state index contributed by atoms with van der Waals surface area (Å²) in [6, 6.07) is 9.72. The zero-order valence-electron chi connectivity index (χ0n) is 11.2. The van der Waals surface area contributed by atoms with E-state index >= 15 is 0 Å². The van der Waals surface area contributed by atoms with E-state index in [0.717, 1.165) is 17.7 Å². The molecular formula is C15H18N2OS. The Hall–Kier alpha value is -1.68. The van der Waals surface area contributed by atoms with Gasteiger partial charge in [-0.15, -0.1) is 0 Å². The van der Waals surface area contributed by atoms with Crippen LogP contribution in [0.5, 0.6) is 0 Å². The first-order chi connectivity index (χ1) is 8.96. The highest BCUT2D eigenvalue weighted by Crippen LogP contribution is 2.32. The Labute approximate surface area is 119 Å². The third-order valence-corrected chi connectivity index (χ3v) is 3.37. The van der Waals surface area contributed by atoms with Gasteiger partial charge in [-0.25, -0.2) is 0 Å². The number of hydrazine groups is 1. The van der Waals surface area contributed by atoms with Gasteiger partial charge >= 0.3 is 0 Å². The van der Waals surface area contributed by atoms with Crippen LogP contribution in [-0.2, 0) is 4.79 Å². The average molecular weight is 274 g/mol. The van der Waals surface area contributed by atoms with Gasteiger partial charge in [-0.1, -0.05) is 56.4 Å². The summed E-state index contributed by atoms with van der Waals surface area (Å²) in [7, 11) is 0. The third kappa shape index (κ3) is 3.89. The summed E-state index contributed by atoms with van der Waals surface area (Å²) in [6.07, 6.45) is 3.09. The van der Waals surface area contributed by atoms with Crippen LogP contribution in [0.4, 0.5) is 0 Å². The molecule has 19 heavy (non-hydrogen) atoms. The van der Waals surface area contributed by atoms with E-state index in [1.165, 1.54) is 0 Å². The van der Waals surface area contributed by atoms with E-state index in [9.17, 15) is 4.79 Å². The Bertz CT molecular complexity index is 520. The molecule has 0 atom stereocenters. The van der Waals surface area contributed by atoms with E-state index < -0.39 is 0 Å². The van der Waals surface area contributed by atoms with E-state index in [0.29, 0.717) is 11.4 Å². The number of carbonyl (C=O) groups is 1. The van der Waals surface area contributed by atoms with Crippen molar-refractivity contribution < 1.29 is 4.79 Å². The standard InChI is InChI=1S/C15H18N2OS/c1-15(2)9-12(8-13(18)10-15)16-17-14(19)11-6-4-3-5-7-11/h3-8,16H,9-10H2,1-2H3,(H,17,19). The number of hydrogen-bond acceptors (Lipinski definition) is 3. The maximum Gasteiger partial charge on any atom is 0.158 e. The predicted molar refractivity (Wildman–Crippen MR) is 80.5 cm³/mol. The number of ketones is 1. The highest BCUT2D eigenvalue weighted by atomic mass is 32.1. The van der Waals surface area contributed by atoms with Crippen molar-refractivity contribution >= 4 is 23.0 Å². The minimum absolute atomic E-state index is 0.00418. The van der Waals surface area contributed by atoms with Crippen LogP contribution in [0.15, 0.2) is 42.1 Å². The molecule has 1 aromatic carbocycles. The molecule has 1 aromatic rings. The Kier molecular flexibility index (Phi) is 4.00. The molecule has 1 aliphatic carbocycles. The topological polar surface area (TPSA) is 41.1 Å². The molecule has 2 N–H and O–H groups in total. The van der Waals surface area contributed by atoms with Crippen molar-refractivity contribution in [2.24, 2.45) is 5.41 Å². The molecule has 0 aliphatic heterocycles. The molecule has 0 heterocycles. The van der Waals surface area contributed by atoms with E-state index in [1.807, 2.05) is 30.3 Å². The zero-order valence-corrected chi connectivity index (χ0v) is 12.0. The molecule has 0 aromatic heterocycles. The molecule has 0 unspecified atom stereocenters. The molecule has 1 aliphatic rings. The maximum absolute atomic E-state index is 11.6. The molecular weight excluding hydrogens is 256 g/mol. The van der Waals surface area contributed by atoms with Crippen molar-refractivity contribution in [3.63, 3.8) is 0 Å². The minimum atomic E-state index is 0.00418. The molecule has 0 saturated carbocycles. The summed E-state index contributed by atoms with van der Waals surface area (Å²) in [5.41, 5.74) is 7.89. The third-order valence-electron chi connectivity index (χ3n) is 3.03. The summed E-state index contributed by atoms with van der Waals surface area (Å²) in [6.45, 7) is 4.18. The van der Waals surface area contributed by atoms with E-state index in [4.69, 9.17) is 12.2 Å². The number of thiocarbonyl (C=S) groups is 1. The number of allylic oxidation sites excluding steroid dienone is 2. The van der Waals surface area contributed by atoms with Crippen molar-refractivity contribution in [2.75, 3.05) is 0 Å². The zero-order chi connectivity index (χ0) is 13.9. The van der Waals surface area contributed by atoms with Gasteiger partial charge in [0.1, 0.15) is 4.99 Å². The second-order valence-electron chi connectivity index (χ2n) is 5.60. The smallest absolute Gasteiger partial charge is 0.158 e. The van der Waals surface area contributed by atoms with Crippen LogP contribution in [0, 0.1) is 5.41 Å². The summed E-state index contributed by atoms with van der Waals surface area (Å²) < 4.78 is 0. The van der Waals surface area contributed by atoms with Crippen LogP contribution in [-0.4, -0.2) is 10.8 Å². The van der Waals surface area contributed by atoms with Crippen LogP contribution in [0.1, 0.15) is 32.3 Å². The second kappa shape index (κ2) is 5.53. The lowest BCUT2D eigenvalue weighted by atomic mass is 9.79. The summed E-state index contributed by atoms with van der Waals surface area (Å²) in [4.78, 5) is 12.2. The van der Waals surface area contributed by atoms with Gasteiger partial charge in [0.15, 0.2) is 5.78 Å². The van der Waals surface area contributed by atoms with Crippen LogP contribution < -0.4 is 10.9 Å². The Morgan fingerprint density at radius 3 is 2.53 bits per heavy atom. The normalized spacial score (nSPS) is 17.6. The molecule has 0 radical (unpaired) electrons. The first-order valence-electron chi connectivity index (χ1n) is 6.31. The first kappa shape index (κ1) is 13.7. The fourth-order valence-corrected chi connectivity index (χ4v) is 2.41. The number of benzene rings is 1. The highest BCUT2D eigenvalue weighted by Gasteiger charge is 2.27. The molecule has 4 heteroatoms. The molecule has 0 amide bonds. The van der Waals surface area contributed by atoms with Crippen molar-refractivity contribution in [3.05, 3.63) is 47.7 Å². The molecule has 0 bridgehead atoms. The van der Waals surface area contributed by atoms with Gasteiger partial charge < -0.3 is 5.43 Å².